The Morgan fingerprint density at radius 1 is 1.05 bits per heavy atom. The molecular weight excluding hydrogens is 332 g/mol. The highest BCUT2D eigenvalue weighted by Gasteiger charge is 2.42. The number of benzene rings is 1. The Balaban J connectivity index is 1.79. The minimum absolute atomic E-state index is 0.282. The SMILES string of the molecule is CC(C)(C)[Si](C)(C)OC1CC(Oc2ccc(Br)cc2)C1. The Morgan fingerprint density at radius 3 is 2.10 bits per heavy atom. The predicted molar refractivity (Wildman–Crippen MR) is 89.9 cm³/mol. The molecule has 0 heterocycles. The van der Waals surface area contributed by atoms with E-state index < -0.39 is 8.32 Å². The van der Waals surface area contributed by atoms with E-state index in [1.807, 2.05) is 24.3 Å². The molecule has 1 aliphatic carbocycles. The van der Waals surface area contributed by atoms with E-state index in [0.29, 0.717) is 12.2 Å². The average molecular weight is 357 g/mol. The van der Waals surface area contributed by atoms with Crippen molar-refractivity contribution in [1.29, 1.82) is 0 Å². The Bertz CT molecular complexity index is 445. The molecule has 0 radical (unpaired) electrons. The Hall–Kier alpha value is -0.323. The van der Waals surface area contributed by atoms with E-state index in [1.54, 1.807) is 0 Å². The summed E-state index contributed by atoms with van der Waals surface area (Å²) < 4.78 is 13.4. The number of halogens is 1. The topological polar surface area (TPSA) is 18.5 Å². The highest BCUT2D eigenvalue weighted by atomic mass is 79.9. The van der Waals surface area contributed by atoms with Crippen molar-refractivity contribution in [3.05, 3.63) is 28.7 Å². The summed E-state index contributed by atoms with van der Waals surface area (Å²) in [6.07, 6.45) is 2.73. The summed E-state index contributed by atoms with van der Waals surface area (Å²) in [7, 11) is -1.63. The molecule has 1 aliphatic rings. The third-order valence-electron chi connectivity index (χ3n) is 4.44. The van der Waals surface area contributed by atoms with Crippen molar-refractivity contribution in [2.45, 2.75) is 64.0 Å². The van der Waals surface area contributed by atoms with E-state index in [2.05, 4.69) is 49.8 Å². The summed E-state index contributed by atoms with van der Waals surface area (Å²) in [5.74, 6) is 0.948. The van der Waals surface area contributed by atoms with Crippen LogP contribution in [0, 0.1) is 0 Å². The maximum absolute atomic E-state index is 6.38. The van der Waals surface area contributed by atoms with Crippen molar-refractivity contribution >= 4 is 24.2 Å². The van der Waals surface area contributed by atoms with E-state index in [-0.39, 0.29) is 5.04 Å². The van der Waals surface area contributed by atoms with Gasteiger partial charge in [-0.2, -0.15) is 0 Å². The first kappa shape index (κ1) is 16.1. The van der Waals surface area contributed by atoms with Crippen molar-refractivity contribution in [2.75, 3.05) is 0 Å². The van der Waals surface area contributed by atoms with E-state index in [0.717, 1.165) is 23.1 Å². The average Bonchev–Trinajstić information content (AvgIpc) is 2.27. The lowest BCUT2D eigenvalue weighted by atomic mass is 9.92. The molecule has 1 aromatic carbocycles. The summed E-state index contributed by atoms with van der Waals surface area (Å²) in [4.78, 5) is 0. The lowest BCUT2D eigenvalue weighted by Gasteiger charge is -2.44. The Kier molecular flexibility index (Phi) is 4.67. The van der Waals surface area contributed by atoms with Gasteiger partial charge in [0.25, 0.3) is 0 Å². The molecule has 0 atom stereocenters. The molecule has 20 heavy (non-hydrogen) atoms. The zero-order chi connectivity index (χ0) is 15.0. The number of hydrogen-bond acceptors (Lipinski definition) is 2. The van der Waals surface area contributed by atoms with Gasteiger partial charge in [-0.15, -0.1) is 0 Å². The van der Waals surface area contributed by atoms with Crippen molar-refractivity contribution in [3.63, 3.8) is 0 Å². The van der Waals surface area contributed by atoms with Crippen molar-refractivity contribution in [2.24, 2.45) is 0 Å². The van der Waals surface area contributed by atoms with Gasteiger partial charge >= 0.3 is 0 Å². The van der Waals surface area contributed by atoms with Gasteiger partial charge in [0.2, 0.25) is 0 Å². The van der Waals surface area contributed by atoms with Gasteiger partial charge in [0, 0.05) is 17.3 Å². The van der Waals surface area contributed by atoms with Gasteiger partial charge in [-0.05, 0) is 42.4 Å². The molecule has 0 bridgehead atoms. The van der Waals surface area contributed by atoms with Crippen LogP contribution in [-0.4, -0.2) is 20.5 Å². The Labute approximate surface area is 132 Å². The van der Waals surface area contributed by atoms with Crippen LogP contribution in [0.3, 0.4) is 0 Å². The fourth-order valence-electron chi connectivity index (χ4n) is 2.01. The standard InChI is InChI=1S/C16H25BrO2Si/c1-16(2,3)20(4,5)19-15-10-14(11-15)18-13-8-6-12(17)7-9-13/h6-9,14-15H,10-11H2,1-5H3. The number of hydrogen-bond donors (Lipinski definition) is 0. The van der Waals surface area contributed by atoms with Crippen LogP contribution in [0.2, 0.25) is 18.1 Å². The fourth-order valence-corrected chi connectivity index (χ4v) is 3.65. The van der Waals surface area contributed by atoms with E-state index in [1.165, 1.54) is 0 Å². The molecule has 0 aromatic heterocycles. The van der Waals surface area contributed by atoms with Crippen LogP contribution in [0.5, 0.6) is 5.75 Å². The van der Waals surface area contributed by atoms with Crippen LogP contribution in [0.1, 0.15) is 33.6 Å². The minimum atomic E-state index is -1.63. The van der Waals surface area contributed by atoms with Crippen molar-refractivity contribution in [1.82, 2.24) is 0 Å². The predicted octanol–water partition coefficient (Wildman–Crippen LogP) is 5.38. The molecule has 2 rings (SSSR count). The van der Waals surface area contributed by atoms with Gasteiger partial charge in [-0.25, -0.2) is 0 Å². The summed E-state index contributed by atoms with van der Waals surface area (Å²) in [5.41, 5.74) is 0. The van der Waals surface area contributed by atoms with E-state index in [4.69, 9.17) is 9.16 Å². The first-order valence-corrected chi connectivity index (χ1v) is 11.0. The molecule has 112 valence electrons. The summed E-state index contributed by atoms with van der Waals surface area (Å²) >= 11 is 3.43. The molecule has 0 N–H and O–H groups in total. The summed E-state index contributed by atoms with van der Waals surface area (Å²) in [5, 5.41) is 0.282. The second kappa shape index (κ2) is 5.82. The monoisotopic (exact) mass is 356 g/mol. The molecule has 4 heteroatoms. The summed E-state index contributed by atoms with van der Waals surface area (Å²) in [6, 6.07) is 8.04. The van der Waals surface area contributed by atoms with Gasteiger partial charge in [0.1, 0.15) is 11.9 Å². The van der Waals surface area contributed by atoms with Gasteiger partial charge < -0.3 is 9.16 Å². The fraction of sp³-hybridized carbons (Fsp3) is 0.625. The van der Waals surface area contributed by atoms with Crippen molar-refractivity contribution < 1.29 is 9.16 Å². The molecule has 0 unspecified atom stereocenters. The van der Waals surface area contributed by atoms with Crippen LogP contribution in [-0.2, 0) is 4.43 Å². The Morgan fingerprint density at radius 2 is 1.60 bits per heavy atom. The van der Waals surface area contributed by atoms with Crippen LogP contribution >= 0.6 is 15.9 Å². The molecule has 2 nitrogen and oxygen atoms in total. The molecule has 1 aromatic rings. The minimum Gasteiger partial charge on any atom is -0.490 e. The van der Waals surface area contributed by atoms with Gasteiger partial charge in [-0.1, -0.05) is 36.7 Å². The zero-order valence-corrected chi connectivity index (χ0v) is 15.7. The van der Waals surface area contributed by atoms with Gasteiger partial charge in [0.15, 0.2) is 8.32 Å². The normalized spacial score (nSPS) is 23.3. The molecule has 0 amide bonds. The molecule has 0 spiro atoms. The van der Waals surface area contributed by atoms with Gasteiger partial charge in [0.05, 0.1) is 6.10 Å². The molecule has 0 aliphatic heterocycles. The highest BCUT2D eigenvalue weighted by molar-refractivity contribution is 9.10. The van der Waals surface area contributed by atoms with E-state index in [9.17, 15) is 0 Å². The number of rotatable bonds is 4. The third kappa shape index (κ3) is 3.86. The largest absolute Gasteiger partial charge is 0.490 e. The zero-order valence-electron chi connectivity index (χ0n) is 13.1. The molecule has 0 saturated heterocycles. The highest BCUT2D eigenvalue weighted by Crippen LogP contribution is 2.40. The smallest absolute Gasteiger partial charge is 0.192 e. The van der Waals surface area contributed by atoms with Crippen LogP contribution < -0.4 is 4.74 Å². The maximum Gasteiger partial charge on any atom is 0.192 e. The second-order valence-electron chi connectivity index (χ2n) is 7.17. The molecular formula is C16H25BrO2Si. The van der Waals surface area contributed by atoms with Crippen LogP contribution in [0.25, 0.3) is 0 Å². The molecule has 1 fully saturated rings. The van der Waals surface area contributed by atoms with Crippen LogP contribution in [0.4, 0.5) is 0 Å². The first-order chi connectivity index (χ1) is 9.17. The maximum atomic E-state index is 6.38. The molecule has 1 saturated carbocycles. The van der Waals surface area contributed by atoms with Crippen LogP contribution in [0.15, 0.2) is 28.7 Å². The number of ether oxygens (including phenoxy) is 1. The van der Waals surface area contributed by atoms with E-state index >= 15 is 0 Å². The second-order valence-corrected chi connectivity index (χ2v) is 12.8. The lowest BCUT2D eigenvalue weighted by Crippen LogP contribution is -2.50. The summed E-state index contributed by atoms with van der Waals surface area (Å²) in [6.45, 7) is 11.5. The quantitative estimate of drug-likeness (QED) is 0.674. The third-order valence-corrected chi connectivity index (χ3v) is 9.50. The lowest BCUT2D eigenvalue weighted by molar-refractivity contribution is -0.00313. The first-order valence-electron chi connectivity index (χ1n) is 7.27. The van der Waals surface area contributed by atoms with Crippen molar-refractivity contribution in [3.8, 4) is 5.75 Å². The van der Waals surface area contributed by atoms with Gasteiger partial charge in [-0.3, -0.25) is 0 Å².